The summed E-state index contributed by atoms with van der Waals surface area (Å²) in [5, 5.41) is 0. The first-order valence-corrected chi connectivity index (χ1v) is 6.56. The molecule has 0 atom stereocenters. The van der Waals surface area contributed by atoms with Crippen molar-refractivity contribution in [1.29, 1.82) is 0 Å². The summed E-state index contributed by atoms with van der Waals surface area (Å²) >= 11 is 0. The van der Waals surface area contributed by atoms with Crippen molar-refractivity contribution in [3.8, 4) is 5.75 Å². The molecule has 2 rings (SSSR count). The van der Waals surface area contributed by atoms with Gasteiger partial charge in [0.25, 0.3) is 0 Å². The van der Waals surface area contributed by atoms with E-state index in [9.17, 15) is 13.2 Å². The number of nitrogens with two attached hydrogens (primary N) is 1. The van der Waals surface area contributed by atoms with Gasteiger partial charge in [0.15, 0.2) is 0 Å². The van der Waals surface area contributed by atoms with Crippen molar-refractivity contribution in [2.24, 2.45) is 5.92 Å². The molecule has 1 aliphatic carbocycles. The van der Waals surface area contributed by atoms with Crippen molar-refractivity contribution in [2.75, 3.05) is 12.3 Å². The second kappa shape index (κ2) is 5.72. The molecule has 1 saturated carbocycles. The normalized spacial score (nSPS) is 17.4. The minimum absolute atomic E-state index is 0.139. The van der Waals surface area contributed by atoms with Gasteiger partial charge in [0.05, 0.1) is 17.9 Å². The number of nitrogen functional groups attached to an aromatic ring is 1. The number of rotatable bonds is 3. The standard InChI is InChI=1S/C14H18F3NO/c15-14(16,17)11-6-7-12(18)13(8-11)19-9-10-4-2-1-3-5-10/h6-8,10H,1-5,9,18H2. The fourth-order valence-electron chi connectivity index (χ4n) is 2.40. The van der Waals surface area contributed by atoms with Crippen LogP contribution in [0.4, 0.5) is 18.9 Å². The lowest BCUT2D eigenvalue weighted by atomic mass is 9.90. The van der Waals surface area contributed by atoms with Crippen molar-refractivity contribution in [2.45, 2.75) is 38.3 Å². The van der Waals surface area contributed by atoms with Gasteiger partial charge in [-0.3, -0.25) is 0 Å². The van der Waals surface area contributed by atoms with E-state index in [2.05, 4.69) is 0 Å². The Labute approximate surface area is 110 Å². The molecule has 1 aromatic carbocycles. The zero-order valence-corrected chi connectivity index (χ0v) is 10.7. The first-order valence-electron chi connectivity index (χ1n) is 6.56. The van der Waals surface area contributed by atoms with Crippen LogP contribution in [0.2, 0.25) is 0 Å². The van der Waals surface area contributed by atoms with Crippen molar-refractivity contribution in [3.63, 3.8) is 0 Å². The fourth-order valence-corrected chi connectivity index (χ4v) is 2.40. The van der Waals surface area contributed by atoms with Crippen LogP contribution in [0.25, 0.3) is 0 Å². The van der Waals surface area contributed by atoms with E-state index in [1.807, 2.05) is 0 Å². The van der Waals surface area contributed by atoms with Crippen LogP contribution >= 0.6 is 0 Å². The Bertz CT molecular complexity index is 425. The number of ether oxygens (including phenoxy) is 1. The zero-order valence-electron chi connectivity index (χ0n) is 10.7. The summed E-state index contributed by atoms with van der Waals surface area (Å²) in [7, 11) is 0. The molecule has 0 amide bonds. The number of benzene rings is 1. The first-order chi connectivity index (χ1) is 8.97. The summed E-state index contributed by atoms with van der Waals surface area (Å²) < 4.78 is 43.3. The van der Waals surface area contributed by atoms with Crippen LogP contribution in [0.15, 0.2) is 18.2 Å². The predicted molar refractivity (Wildman–Crippen MR) is 67.9 cm³/mol. The quantitative estimate of drug-likeness (QED) is 0.836. The summed E-state index contributed by atoms with van der Waals surface area (Å²) in [6, 6.07) is 3.21. The molecule has 19 heavy (non-hydrogen) atoms. The predicted octanol–water partition coefficient (Wildman–Crippen LogP) is 4.25. The Hall–Kier alpha value is -1.39. The molecule has 0 spiro atoms. The smallest absolute Gasteiger partial charge is 0.416 e. The number of alkyl halides is 3. The van der Waals surface area contributed by atoms with Crippen molar-refractivity contribution in [1.82, 2.24) is 0 Å². The van der Waals surface area contributed by atoms with Gasteiger partial charge in [0, 0.05) is 0 Å². The van der Waals surface area contributed by atoms with Gasteiger partial charge >= 0.3 is 6.18 Å². The summed E-state index contributed by atoms with van der Waals surface area (Å²) in [6.45, 7) is 0.450. The van der Waals surface area contributed by atoms with Crippen LogP contribution in [0.3, 0.4) is 0 Å². The molecular weight excluding hydrogens is 255 g/mol. The van der Waals surface area contributed by atoms with E-state index >= 15 is 0 Å². The maximum Gasteiger partial charge on any atom is 0.416 e. The molecule has 1 aliphatic rings. The molecule has 0 heterocycles. The molecule has 0 unspecified atom stereocenters. The van der Waals surface area contributed by atoms with E-state index in [1.54, 1.807) is 0 Å². The molecule has 1 aromatic rings. The molecule has 0 saturated heterocycles. The molecule has 0 radical (unpaired) electrons. The highest BCUT2D eigenvalue weighted by Crippen LogP contribution is 2.34. The van der Waals surface area contributed by atoms with Gasteiger partial charge in [-0.2, -0.15) is 13.2 Å². The van der Waals surface area contributed by atoms with E-state index in [1.165, 1.54) is 25.3 Å². The SMILES string of the molecule is Nc1ccc(C(F)(F)F)cc1OCC1CCCCC1. The number of halogens is 3. The number of hydrogen-bond acceptors (Lipinski definition) is 2. The molecule has 0 bridgehead atoms. The number of anilines is 1. The maximum absolute atomic E-state index is 12.6. The monoisotopic (exact) mass is 273 g/mol. The third kappa shape index (κ3) is 3.78. The minimum atomic E-state index is -4.36. The molecule has 1 fully saturated rings. The molecular formula is C14H18F3NO. The zero-order chi connectivity index (χ0) is 13.9. The maximum atomic E-state index is 12.6. The van der Waals surface area contributed by atoms with Crippen molar-refractivity contribution < 1.29 is 17.9 Å². The summed E-state index contributed by atoms with van der Waals surface area (Å²) in [5.74, 6) is 0.572. The second-order valence-electron chi connectivity index (χ2n) is 5.07. The second-order valence-corrected chi connectivity index (χ2v) is 5.07. The van der Waals surface area contributed by atoms with Gasteiger partial charge in [-0.25, -0.2) is 0 Å². The molecule has 2 N–H and O–H groups in total. The molecule has 0 aliphatic heterocycles. The lowest BCUT2D eigenvalue weighted by Crippen LogP contribution is -2.16. The molecule has 2 nitrogen and oxygen atoms in total. The molecule has 0 aromatic heterocycles. The highest BCUT2D eigenvalue weighted by molar-refractivity contribution is 5.54. The topological polar surface area (TPSA) is 35.2 Å². The van der Waals surface area contributed by atoms with Crippen LogP contribution in [0.1, 0.15) is 37.7 Å². The average molecular weight is 273 g/mol. The molecule has 106 valence electrons. The third-order valence-electron chi connectivity index (χ3n) is 3.54. The van der Waals surface area contributed by atoms with Gasteiger partial charge in [-0.05, 0) is 37.0 Å². The Balaban J connectivity index is 2.02. The lowest BCUT2D eigenvalue weighted by Gasteiger charge is -2.22. The largest absolute Gasteiger partial charge is 0.491 e. The van der Waals surface area contributed by atoms with Crippen LogP contribution in [-0.4, -0.2) is 6.61 Å². The molecule has 5 heteroatoms. The van der Waals surface area contributed by atoms with Crippen LogP contribution < -0.4 is 10.5 Å². The highest BCUT2D eigenvalue weighted by atomic mass is 19.4. The van der Waals surface area contributed by atoms with Gasteiger partial charge in [0.1, 0.15) is 5.75 Å². The van der Waals surface area contributed by atoms with Gasteiger partial charge in [-0.1, -0.05) is 19.3 Å². The third-order valence-corrected chi connectivity index (χ3v) is 3.54. The van der Waals surface area contributed by atoms with Gasteiger partial charge in [0.2, 0.25) is 0 Å². The number of hydrogen-bond donors (Lipinski definition) is 1. The highest BCUT2D eigenvalue weighted by Gasteiger charge is 2.31. The Kier molecular flexibility index (Phi) is 4.22. The van der Waals surface area contributed by atoms with Crippen LogP contribution in [0, 0.1) is 5.92 Å². The average Bonchev–Trinajstić information content (AvgIpc) is 2.37. The fraction of sp³-hybridized carbons (Fsp3) is 0.571. The Morgan fingerprint density at radius 3 is 2.47 bits per heavy atom. The van der Waals surface area contributed by atoms with Crippen LogP contribution in [-0.2, 0) is 6.18 Å². The Morgan fingerprint density at radius 2 is 1.84 bits per heavy atom. The summed E-state index contributed by atoms with van der Waals surface area (Å²) in [5.41, 5.74) is 5.19. The van der Waals surface area contributed by atoms with E-state index < -0.39 is 11.7 Å². The van der Waals surface area contributed by atoms with Crippen molar-refractivity contribution in [3.05, 3.63) is 23.8 Å². The lowest BCUT2D eigenvalue weighted by molar-refractivity contribution is -0.137. The van der Waals surface area contributed by atoms with E-state index in [-0.39, 0.29) is 11.4 Å². The van der Waals surface area contributed by atoms with Crippen molar-refractivity contribution >= 4 is 5.69 Å². The van der Waals surface area contributed by atoms with Gasteiger partial charge in [-0.15, -0.1) is 0 Å². The van der Waals surface area contributed by atoms with Gasteiger partial charge < -0.3 is 10.5 Å². The Morgan fingerprint density at radius 1 is 1.16 bits per heavy atom. The summed E-state index contributed by atoms with van der Waals surface area (Å²) in [4.78, 5) is 0. The van der Waals surface area contributed by atoms with Crippen LogP contribution in [0.5, 0.6) is 5.75 Å². The summed E-state index contributed by atoms with van der Waals surface area (Å²) in [6.07, 6.45) is 1.38. The minimum Gasteiger partial charge on any atom is -0.491 e. The van der Waals surface area contributed by atoms with E-state index in [0.717, 1.165) is 25.0 Å². The first kappa shape index (κ1) is 14.0. The van der Waals surface area contributed by atoms with E-state index in [4.69, 9.17) is 10.5 Å². The van der Waals surface area contributed by atoms with E-state index in [0.29, 0.717) is 12.5 Å².